The highest BCUT2D eigenvalue weighted by molar-refractivity contribution is 6.00. The lowest BCUT2D eigenvalue weighted by Crippen LogP contribution is -2.33. The maximum atomic E-state index is 13.4. The first-order valence-electron chi connectivity index (χ1n) is 8.15. The number of carbonyl (C=O) groups excluding carboxylic acids is 2. The number of Topliss-reactive ketones (excluding diaryl/α,β-unsaturated/α-hetero) is 1. The van der Waals surface area contributed by atoms with Gasteiger partial charge < -0.3 is 9.47 Å². The summed E-state index contributed by atoms with van der Waals surface area (Å²) in [6.07, 6.45) is 0. The molecule has 0 fully saturated rings. The highest BCUT2D eigenvalue weighted by Gasteiger charge is 2.17. The smallest absolute Gasteiger partial charge is 0.328 e. The lowest BCUT2D eigenvalue weighted by molar-refractivity contribution is -0.143. The van der Waals surface area contributed by atoms with Crippen LogP contribution in [-0.2, 0) is 16.1 Å². The molecular formula is C19H15FN2O6. The number of carbonyl (C=O) groups is 2. The molecule has 0 amide bonds. The van der Waals surface area contributed by atoms with Gasteiger partial charge in [-0.05, 0) is 30.3 Å². The predicted octanol–water partition coefficient (Wildman–Crippen LogP) is 1.26. The third-order valence-corrected chi connectivity index (χ3v) is 4.00. The molecule has 0 saturated heterocycles. The molecule has 1 aromatic heterocycles. The van der Waals surface area contributed by atoms with E-state index in [2.05, 4.69) is 5.10 Å². The molecule has 0 aliphatic carbocycles. The number of ketones is 1. The zero-order valence-electron chi connectivity index (χ0n) is 14.7. The second-order valence-corrected chi connectivity index (χ2v) is 5.81. The molecule has 0 radical (unpaired) electrons. The van der Waals surface area contributed by atoms with E-state index in [0.29, 0.717) is 0 Å². The van der Waals surface area contributed by atoms with Crippen molar-refractivity contribution in [2.24, 2.45) is 0 Å². The molecule has 9 heteroatoms. The molecule has 3 aromatic rings. The van der Waals surface area contributed by atoms with Crippen LogP contribution in [0, 0.1) is 5.82 Å². The highest BCUT2D eigenvalue weighted by Crippen LogP contribution is 2.19. The monoisotopic (exact) mass is 386 g/mol. The largest absolute Gasteiger partial charge is 0.496 e. The summed E-state index contributed by atoms with van der Waals surface area (Å²) in [5.41, 5.74) is -1.19. The second kappa shape index (κ2) is 7.87. The first-order chi connectivity index (χ1) is 13.4. The average molecular weight is 386 g/mol. The van der Waals surface area contributed by atoms with Crippen molar-refractivity contribution in [3.05, 3.63) is 74.6 Å². The first-order valence-corrected chi connectivity index (χ1v) is 8.15. The first kappa shape index (κ1) is 19.0. The van der Waals surface area contributed by atoms with Crippen LogP contribution < -0.4 is 15.9 Å². The minimum Gasteiger partial charge on any atom is -0.496 e. The molecule has 144 valence electrons. The van der Waals surface area contributed by atoms with Crippen LogP contribution in [0.5, 0.6) is 5.75 Å². The number of nitrogens with zero attached hydrogens (tertiary/aromatic N) is 1. The van der Waals surface area contributed by atoms with E-state index < -0.39 is 41.8 Å². The zero-order chi connectivity index (χ0) is 20.3. The van der Waals surface area contributed by atoms with Crippen LogP contribution in [-0.4, -0.2) is 35.2 Å². The summed E-state index contributed by atoms with van der Waals surface area (Å²) in [6, 6.07) is 9.55. The minimum atomic E-state index is -0.920. The van der Waals surface area contributed by atoms with E-state index in [0.717, 1.165) is 16.8 Å². The number of ether oxygens (including phenoxy) is 2. The fourth-order valence-corrected chi connectivity index (χ4v) is 2.65. The number of hydrogen-bond donors (Lipinski definition) is 1. The highest BCUT2D eigenvalue weighted by atomic mass is 19.1. The summed E-state index contributed by atoms with van der Waals surface area (Å²) in [6.45, 7) is -1.27. The van der Waals surface area contributed by atoms with Gasteiger partial charge in [0.15, 0.2) is 6.61 Å². The van der Waals surface area contributed by atoms with Gasteiger partial charge in [-0.3, -0.25) is 24.3 Å². The third kappa shape index (κ3) is 3.83. The van der Waals surface area contributed by atoms with Crippen LogP contribution in [0.3, 0.4) is 0 Å². The molecule has 0 aliphatic heterocycles. The van der Waals surface area contributed by atoms with Gasteiger partial charge in [0, 0.05) is 0 Å². The lowest BCUT2D eigenvalue weighted by atomic mass is 10.1. The number of esters is 1. The van der Waals surface area contributed by atoms with E-state index >= 15 is 0 Å². The Kier molecular flexibility index (Phi) is 5.35. The molecule has 1 N–H and O–H groups in total. The van der Waals surface area contributed by atoms with Gasteiger partial charge in [0.05, 0.1) is 23.4 Å². The fraction of sp³-hybridized carbons (Fsp3) is 0.158. The summed E-state index contributed by atoms with van der Waals surface area (Å²) >= 11 is 0. The van der Waals surface area contributed by atoms with E-state index in [1.807, 2.05) is 0 Å². The molecule has 2 aromatic carbocycles. The Balaban J connectivity index is 1.73. The summed E-state index contributed by atoms with van der Waals surface area (Å²) in [4.78, 5) is 48.6. The predicted molar refractivity (Wildman–Crippen MR) is 97.1 cm³/mol. The standard InChI is InChI=1S/C19H15FN2O6/c1-27-16-7-6-11(20)8-14(16)15(23)10-28-17(24)9-22-19(26)13-5-3-2-4-12(13)18(25)21-22/h2-8H,9-10H2,1H3,(H,21,25). The number of H-pyrrole nitrogens is 1. The Morgan fingerprint density at radius 1 is 1.11 bits per heavy atom. The average Bonchev–Trinajstić information content (AvgIpc) is 2.70. The Hall–Kier alpha value is -3.75. The van der Waals surface area contributed by atoms with Gasteiger partial charge in [-0.15, -0.1) is 0 Å². The number of hydrogen-bond acceptors (Lipinski definition) is 6. The Morgan fingerprint density at radius 2 is 1.82 bits per heavy atom. The van der Waals surface area contributed by atoms with Crippen molar-refractivity contribution >= 4 is 22.5 Å². The number of aromatic nitrogens is 2. The van der Waals surface area contributed by atoms with E-state index in [9.17, 15) is 23.6 Å². The number of nitrogens with one attached hydrogen (secondary N) is 1. The topological polar surface area (TPSA) is 107 Å². The van der Waals surface area contributed by atoms with Crippen LogP contribution in [0.1, 0.15) is 10.4 Å². The molecule has 0 aliphatic rings. The summed E-state index contributed by atoms with van der Waals surface area (Å²) in [5, 5.41) is 2.64. The Morgan fingerprint density at radius 3 is 2.54 bits per heavy atom. The molecule has 8 nitrogen and oxygen atoms in total. The van der Waals surface area contributed by atoms with Gasteiger partial charge >= 0.3 is 5.97 Å². The Labute approximate surface area is 157 Å². The summed E-state index contributed by atoms with van der Waals surface area (Å²) in [7, 11) is 1.32. The number of benzene rings is 2. The number of aromatic amines is 1. The normalized spacial score (nSPS) is 10.6. The number of halogens is 1. The molecule has 28 heavy (non-hydrogen) atoms. The SMILES string of the molecule is COc1ccc(F)cc1C(=O)COC(=O)Cn1[nH]c(=O)c2ccccc2c1=O. The second-order valence-electron chi connectivity index (χ2n) is 5.81. The van der Waals surface area contributed by atoms with E-state index in [4.69, 9.17) is 9.47 Å². The quantitative estimate of drug-likeness (QED) is 0.505. The molecule has 1 heterocycles. The van der Waals surface area contributed by atoms with Crippen molar-refractivity contribution < 1.29 is 23.5 Å². The van der Waals surface area contributed by atoms with E-state index in [1.54, 1.807) is 12.1 Å². The van der Waals surface area contributed by atoms with Crippen molar-refractivity contribution in [2.75, 3.05) is 13.7 Å². The van der Waals surface area contributed by atoms with Gasteiger partial charge in [-0.1, -0.05) is 12.1 Å². The van der Waals surface area contributed by atoms with Crippen molar-refractivity contribution in [3.63, 3.8) is 0 Å². The van der Waals surface area contributed by atoms with Crippen LogP contribution in [0.4, 0.5) is 4.39 Å². The molecule has 3 rings (SSSR count). The van der Waals surface area contributed by atoms with Crippen molar-refractivity contribution in [1.29, 1.82) is 0 Å². The molecule has 0 spiro atoms. The summed E-state index contributed by atoms with van der Waals surface area (Å²) < 4.78 is 24.0. The molecule has 0 saturated carbocycles. The van der Waals surface area contributed by atoms with E-state index in [1.165, 1.54) is 25.3 Å². The number of fused-ring (bicyclic) bond motifs is 1. The van der Waals surface area contributed by atoms with Crippen LogP contribution >= 0.6 is 0 Å². The zero-order valence-corrected chi connectivity index (χ0v) is 14.7. The summed E-state index contributed by atoms with van der Waals surface area (Å²) in [5.74, 6) is -2.10. The van der Waals surface area contributed by atoms with E-state index in [-0.39, 0.29) is 22.1 Å². The minimum absolute atomic E-state index is 0.0772. The molecule has 0 atom stereocenters. The van der Waals surface area contributed by atoms with Crippen LogP contribution in [0.25, 0.3) is 10.8 Å². The molecular weight excluding hydrogens is 371 g/mol. The molecule has 0 unspecified atom stereocenters. The van der Waals surface area contributed by atoms with Gasteiger partial charge in [0.2, 0.25) is 5.78 Å². The molecule has 0 bridgehead atoms. The fourth-order valence-electron chi connectivity index (χ4n) is 2.65. The van der Waals surface area contributed by atoms with Crippen molar-refractivity contribution in [1.82, 2.24) is 9.78 Å². The van der Waals surface area contributed by atoms with Gasteiger partial charge in [-0.25, -0.2) is 9.07 Å². The van der Waals surface area contributed by atoms with Gasteiger partial charge in [0.25, 0.3) is 11.1 Å². The maximum Gasteiger partial charge on any atom is 0.328 e. The maximum absolute atomic E-state index is 13.4. The lowest BCUT2D eigenvalue weighted by Gasteiger charge is -2.09. The van der Waals surface area contributed by atoms with Gasteiger partial charge in [0.1, 0.15) is 18.1 Å². The van der Waals surface area contributed by atoms with Gasteiger partial charge in [-0.2, -0.15) is 0 Å². The van der Waals surface area contributed by atoms with Crippen LogP contribution in [0.15, 0.2) is 52.1 Å². The Bertz CT molecular complexity index is 1180. The van der Waals surface area contributed by atoms with Crippen LogP contribution in [0.2, 0.25) is 0 Å². The third-order valence-electron chi connectivity index (χ3n) is 4.00. The van der Waals surface area contributed by atoms with Crippen molar-refractivity contribution in [2.45, 2.75) is 6.54 Å². The van der Waals surface area contributed by atoms with Crippen molar-refractivity contribution in [3.8, 4) is 5.75 Å². The number of rotatable bonds is 6. The number of methoxy groups -OCH3 is 1.